The number of methoxy groups -OCH3 is 1. The lowest BCUT2D eigenvalue weighted by Crippen LogP contribution is -2.49. The maximum absolute atomic E-state index is 13.9. The first kappa shape index (κ1) is 31.5. The Bertz CT molecular complexity index is 1290. The number of ether oxygens (including phenoxy) is 3. The number of benzene rings is 3. The largest absolute Gasteiger partial charge is 0.453 e. The summed E-state index contributed by atoms with van der Waals surface area (Å²) in [5.74, 6) is -0.818. The van der Waals surface area contributed by atoms with Gasteiger partial charge in [0.05, 0.1) is 25.9 Å². The third-order valence-corrected chi connectivity index (χ3v) is 7.34. The minimum absolute atomic E-state index is 0.0289. The van der Waals surface area contributed by atoms with Gasteiger partial charge in [-0.2, -0.15) is 0 Å². The number of nitrogens with one attached hydrogen (secondary N) is 3. The van der Waals surface area contributed by atoms with Gasteiger partial charge in [0, 0.05) is 32.2 Å². The number of para-hydroxylation sites is 1. The Hall–Kier alpha value is -4.41. The lowest BCUT2D eigenvalue weighted by Gasteiger charge is -2.30. The van der Waals surface area contributed by atoms with Gasteiger partial charge in [-0.05, 0) is 35.6 Å². The molecule has 0 unspecified atom stereocenters. The number of rotatable bonds is 11. The van der Waals surface area contributed by atoms with Crippen LogP contribution in [-0.4, -0.2) is 82.1 Å². The van der Waals surface area contributed by atoms with Crippen molar-refractivity contribution in [1.82, 2.24) is 15.5 Å². The summed E-state index contributed by atoms with van der Waals surface area (Å²) in [5, 5.41) is 9.24. The van der Waals surface area contributed by atoms with Crippen molar-refractivity contribution in [2.24, 2.45) is 0 Å². The molecular formula is C33H40N4O6. The van der Waals surface area contributed by atoms with E-state index in [1.54, 1.807) is 14.1 Å². The normalized spacial score (nSPS) is 17.0. The molecule has 3 N–H and O–H groups in total. The molecule has 0 bridgehead atoms. The maximum atomic E-state index is 13.9. The number of anilines is 1. The zero-order valence-electron chi connectivity index (χ0n) is 24.8. The van der Waals surface area contributed by atoms with Crippen LogP contribution in [0.25, 0.3) is 0 Å². The predicted molar refractivity (Wildman–Crippen MR) is 164 cm³/mol. The third kappa shape index (κ3) is 9.04. The second-order valence-electron chi connectivity index (χ2n) is 10.6. The van der Waals surface area contributed by atoms with Gasteiger partial charge >= 0.3 is 12.2 Å². The van der Waals surface area contributed by atoms with Crippen molar-refractivity contribution < 1.29 is 28.6 Å². The van der Waals surface area contributed by atoms with Crippen LogP contribution >= 0.6 is 0 Å². The van der Waals surface area contributed by atoms with E-state index in [1.165, 1.54) is 12.0 Å². The van der Waals surface area contributed by atoms with Gasteiger partial charge in [0.25, 0.3) is 0 Å². The quantitative estimate of drug-likeness (QED) is 0.308. The number of hydrogen-bond donors (Lipinski definition) is 3. The molecule has 0 saturated carbocycles. The van der Waals surface area contributed by atoms with Gasteiger partial charge < -0.3 is 35.1 Å². The first-order valence-electron chi connectivity index (χ1n) is 14.4. The van der Waals surface area contributed by atoms with Crippen LogP contribution in [0.5, 0.6) is 0 Å². The van der Waals surface area contributed by atoms with Crippen LogP contribution in [0.2, 0.25) is 0 Å². The summed E-state index contributed by atoms with van der Waals surface area (Å²) >= 11 is 0. The molecule has 0 radical (unpaired) electrons. The van der Waals surface area contributed by atoms with Gasteiger partial charge in [-0.25, -0.2) is 9.59 Å². The fourth-order valence-corrected chi connectivity index (χ4v) is 5.03. The van der Waals surface area contributed by atoms with Crippen LogP contribution in [0.4, 0.5) is 15.3 Å². The Morgan fingerprint density at radius 2 is 1.58 bits per heavy atom. The second kappa shape index (κ2) is 15.7. The molecule has 10 nitrogen and oxygen atoms in total. The highest BCUT2D eigenvalue weighted by Crippen LogP contribution is 2.30. The lowest BCUT2D eigenvalue weighted by molar-refractivity contribution is -0.118. The number of alkyl carbamates (subject to hydrolysis) is 1. The Morgan fingerprint density at radius 1 is 0.953 bits per heavy atom. The second-order valence-corrected chi connectivity index (χ2v) is 10.6. The number of carbonyl (C=O) groups excluding carboxylic acids is 3. The molecule has 1 aliphatic rings. The van der Waals surface area contributed by atoms with Crippen LogP contribution in [0.1, 0.15) is 29.0 Å². The zero-order valence-corrected chi connectivity index (χ0v) is 24.8. The van der Waals surface area contributed by atoms with Crippen molar-refractivity contribution in [1.29, 1.82) is 0 Å². The average Bonchev–Trinajstić information content (AvgIpc) is 3.04. The zero-order chi connectivity index (χ0) is 30.6. The summed E-state index contributed by atoms with van der Waals surface area (Å²) in [5.41, 5.74) is 3.39. The van der Waals surface area contributed by atoms with Gasteiger partial charge in [-0.15, -0.1) is 0 Å². The van der Waals surface area contributed by atoms with Crippen LogP contribution in [0.3, 0.4) is 0 Å². The van der Waals surface area contributed by atoms with E-state index in [-0.39, 0.29) is 30.8 Å². The molecule has 1 aliphatic heterocycles. The summed E-state index contributed by atoms with van der Waals surface area (Å²) in [6.45, 7) is 1.30. The highest BCUT2D eigenvalue weighted by molar-refractivity contribution is 5.98. The SMILES string of the molecule is COC(=O)N[C@H](C(=O)Nc1ccccc1CC[C@@H]1CN[C@H](COC(=O)N(C)C)CO1)C(c1ccccc1)c1ccccc1. The number of hydrogen-bond acceptors (Lipinski definition) is 7. The Labute approximate surface area is 252 Å². The van der Waals surface area contributed by atoms with Gasteiger partial charge in [0.1, 0.15) is 12.6 Å². The Morgan fingerprint density at radius 3 is 2.16 bits per heavy atom. The molecule has 1 heterocycles. The molecule has 4 rings (SSSR count). The topological polar surface area (TPSA) is 118 Å². The first-order chi connectivity index (χ1) is 20.9. The highest BCUT2D eigenvalue weighted by Gasteiger charge is 2.33. The van der Waals surface area contributed by atoms with Crippen LogP contribution < -0.4 is 16.0 Å². The summed E-state index contributed by atoms with van der Waals surface area (Å²) < 4.78 is 16.2. The van der Waals surface area contributed by atoms with E-state index in [0.29, 0.717) is 25.3 Å². The minimum Gasteiger partial charge on any atom is -0.453 e. The lowest BCUT2D eigenvalue weighted by atomic mass is 9.84. The highest BCUT2D eigenvalue weighted by atomic mass is 16.6. The number of amides is 3. The van der Waals surface area contributed by atoms with Crippen molar-refractivity contribution in [2.75, 3.05) is 46.3 Å². The molecule has 1 saturated heterocycles. The number of morpholine rings is 1. The number of aryl methyl sites for hydroxylation is 1. The van der Waals surface area contributed by atoms with E-state index in [4.69, 9.17) is 14.2 Å². The average molecular weight is 589 g/mol. The monoisotopic (exact) mass is 588 g/mol. The van der Waals surface area contributed by atoms with Gasteiger partial charge in [-0.3, -0.25) is 4.79 Å². The molecule has 10 heteroatoms. The number of nitrogens with zero attached hydrogens (tertiary/aromatic N) is 1. The van der Waals surface area contributed by atoms with Gasteiger partial charge in [0.2, 0.25) is 5.91 Å². The molecule has 3 aromatic rings. The van der Waals surface area contributed by atoms with E-state index in [2.05, 4.69) is 16.0 Å². The van der Waals surface area contributed by atoms with E-state index < -0.39 is 18.1 Å². The van der Waals surface area contributed by atoms with Gasteiger partial charge in [-0.1, -0.05) is 78.9 Å². The molecule has 228 valence electrons. The molecule has 0 spiro atoms. The van der Waals surface area contributed by atoms with Crippen molar-refractivity contribution in [3.8, 4) is 0 Å². The summed E-state index contributed by atoms with van der Waals surface area (Å²) in [4.78, 5) is 39.5. The standard InChI is InChI=1S/C33H40N4O6/c1-37(2)33(40)43-22-26-21-42-27(20-34-26)19-18-23-12-10-11-17-28(23)35-31(38)30(36-32(39)41-3)29(24-13-6-4-7-14-24)25-15-8-5-9-16-25/h4-17,26-27,29-30,34H,18-22H2,1-3H3,(H,35,38)(H,36,39)/t26-,27+,30-/m0/s1. The fraction of sp³-hybridized carbons (Fsp3) is 0.364. The third-order valence-electron chi connectivity index (χ3n) is 7.34. The fourth-order valence-electron chi connectivity index (χ4n) is 5.03. The Balaban J connectivity index is 1.44. The molecule has 3 aromatic carbocycles. The van der Waals surface area contributed by atoms with Gasteiger partial charge in [0.15, 0.2) is 0 Å². The van der Waals surface area contributed by atoms with Crippen molar-refractivity contribution in [3.63, 3.8) is 0 Å². The summed E-state index contributed by atoms with van der Waals surface area (Å²) in [6, 6.07) is 25.9. The van der Waals surface area contributed by atoms with Crippen molar-refractivity contribution >= 4 is 23.8 Å². The summed E-state index contributed by atoms with van der Waals surface area (Å²) in [6.07, 6.45) is 0.287. The maximum Gasteiger partial charge on any atom is 0.409 e. The molecule has 3 atom stereocenters. The van der Waals surface area contributed by atoms with E-state index in [1.807, 2.05) is 84.9 Å². The van der Waals surface area contributed by atoms with Crippen LogP contribution in [0, 0.1) is 0 Å². The van der Waals surface area contributed by atoms with Crippen LogP contribution in [-0.2, 0) is 25.4 Å². The van der Waals surface area contributed by atoms with Crippen molar-refractivity contribution in [3.05, 3.63) is 102 Å². The summed E-state index contributed by atoms with van der Waals surface area (Å²) in [7, 11) is 4.56. The predicted octanol–water partition coefficient (Wildman–Crippen LogP) is 4.17. The van der Waals surface area contributed by atoms with Crippen LogP contribution in [0.15, 0.2) is 84.9 Å². The van der Waals surface area contributed by atoms with E-state index >= 15 is 0 Å². The van der Waals surface area contributed by atoms with E-state index in [0.717, 1.165) is 23.1 Å². The number of carbonyl (C=O) groups is 3. The molecule has 3 amide bonds. The molecule has 43 heavy (non-hydrogen) atoms. The first-order valence-corrected chi connectivity index (χ1v) is 14.4. The molecule has 0 aliphatic carbocycles. The van der Waals surface area contributed by atoms with E-state index in [9.17, 15) is 14.4 Å². The molecular weight excluding hydrogens is 548 g/mol. The van der Waals surface area contributed by atoms with Crippen molar-refractivity contribution in [2.45, 2.75) is 36.9 Å². The molecule has 0 aromatic heterocycles. The smallest absolute Gasteiger partial charge is 0.409 e. The Kier molecular flexibility index (Phi) is 11.5. The molecule has 1 fully saturated rings. The minimum atomic E-state index is -0.949.